The molecule has 0 spiro atoms. The van der Waals surface area contributed by atoms with Gasteiger partial charge < -0.3 is 19.9 Å². The van der Waals surface area contributed by atoms with Gasteiger partial charge in [-0.2, -0.15) is 0 Å². The zero-order valence-corrected chi connectivity index (χ0v) is 18.0. The minimum atomic E-state index is -0.333. The molecule has 0 bridgehead atoms. The van der Waals surface area contributed by atoms with Crippen LogP contribution >= 0.6 is 11.3 Å². The van der Waals surface area contributed by atoms with Gasteiger partial charge in [0.1, 0.15) is 11.6 Å². The highest BCUT2D eigenvalue weighted by atomic mass is 32.1. The lowest BCUT2D eigenvalue weighted by atomic mass is 10.1. The fraction of sp³-hybridized carbons (Fsp3) is 0.364. The minimum absolute atomic E-state index is 0.187. The molecule has 1 aliphatic rings. The number of nitrogens with zero attached hydrogens (tertiary/aromatic N) is 3. The van der Waals surface area contributed by atoms with Crippen molar-refractivity contribution in [3.8, 4) is 0 Å². The lowest BCUT2D eigenvalue weighted by Crippen LogP contribution is -2.44. The zero-order chi connectivity index (χ0) is 21.1. The highest BCUT2D eigenvalue weighted by Crippen LogP contribution is 2.33. The number of carbonyl (C=O) groups is 1. The van der Waals surface area contributed by atoms with Gasteiger partial charge in [-0.25, -0.2) is 9.37 Å². The van der Waals surface area contributed by atoms with Gasteiger partial charge in [0.05, 0.1) is 11.5 Å². The lowest BCUT2D eigenvalue weighted by Gasteiger charge is -2.33. The van der Waals surface area contributed by atoms with Crippen molar-refractivity contribution >= 4 is 33.1 Å². The third kappa shape index (κ3) is 4.30. The number of hydrogen-bond acceptors (Lipinski definition) is 6. The van der Waals surface area contributed by atoms with Crippen LogP contribution in [0.3, 0.4) is 0 Å². The number of thiophene rings is 1. The first-order valence-electron chi connectivity index (χ1n) is 9.92. The Bertz CT molecular complexity index is 1050. The Morgan fingerprint density at radius 2 is 2.07 bits per heavy atom. The van der Waals surface area contributed by atoms with Crippen molar-refractivity contribution in [1.82, 2.24) is 15.2 Å². The van der Waals surface area contributed by atoms with E-state index < -0.39 is 0 Å². The lowest BCUT2D eigenvalue weighted by molar-refractivity contribution is 0.0950. The van der Waals surface area contributed by atoms with E-state index in [4.69, 9.17) is 4.74 Å². The van der Waals surface area contributed by atoms with Gasteiger partial charge in [-0.15, -0.1) is 11.3 Å². The Hall–Kier alpha value is -2.55. The summed E-state index contributed by atoms with van der Waals surface area (Å²) in [5, 5.41) is 3.44. The highest BCUT2D eigenvalue weighted by molar-refractivity contribution is 7.21. The molecule has 158 valence electrons. The predicted molar refractivity (Wildman–Crippen MR) is 118 cm³/mol. The van der Waals surface area contributed by atoms with Crippen LogP contribution in [0.4, 0.5) is 10.2 Å². The molecule has 1 saturated heterocycles. The summed E-state index contributed by atoms with van der Waals surface area (Å²) >= 11 is 1.29. The summed E-state index contributed by atoms with van der Waals surface area (Å²) in [5.74, 6) is 0.375. The molecule has 3 heterocycles. The van der Waals surface area contributed by atoms with Crippen LogP contribution in [0, 0.1) is 5.82 Å². The molecule has 4 rings (SSSR count). The number of halogens is 1. The highest BCUT2D eigenvalue weighted by Gasteiger charge is 2.21. The van der Waals surface area contributed by atoms with E-state index in [1.807, 2.05) is 18.2 Å². The number of piperazine rings is 1. The molecule has 1 fully saturated rings. The summed E-state index contributed by atoms with van der Waals surface area (Å²) in [6.45, 7) is 4.46. The molecule has 30 heavy (non-hydrogen) atoms. The number of nitrogens with one attached hydrogen (secondary N) is 1. The maximum absolute atomic E-state index is 14.3. The normalized spacial score (nSPS) is 15.0. The quantitative estimate of drug-likeness (QED) is 0.653. The number of anilines is 1. The molecular weight excluding hydrogens is 403 g/mol. The summed E-state index contributed by atoms with van der Waals surface area (Å²) in [6, 6.07) is 8.81. The summed E-state index contributed by atoms with van der Waals surface area (Å²) < 4.78 is 20.3. The molecule has 0 aliphatic carbocycles. The molecule has 0 radical (unpaired) electrons. The average molecular weight is 429 g/mol. The number of methoxy groups -OCH3 is 1. The number of fused-ring (bicyclic) bond motifs is 1. The minimum Gasteiger partial charge on any atom is -0.380 e. The zero-order valence-electron chi connectivity index (χ0n) is 17.2. The molecule has 3 aromatic rings. The Kier molecular flexibility index (Phi) is 6.26. The van der Waals surface area contributed by atoms with Crippen LogP contribution in [0.5, 0.6) is 0 Å². The van der Waals surface area contributed by atoms with Gasteiger partial charge in [-0.1, -0.05) is 6.07 Å². The second-order valence-corrected chi connectivity index (χ2v) is 8.50. The Labute approximate surface area is 179 Å². The van der Waals surface area contributed by atoms with Gasteiger partial charge in [-0.05, 0) is 36.9 Å². The van der Waals surface area contributed by atoms with Crippen molar-refractivity contribution in [2.45, 2.75) is 13.2 Å². The number of benzene rings is 1. The van der Waals surface area contributed by atoms with Crippen LogP contribution in [-0.2, 0) is 17.9 Å². The van der Waals surface area contributed by atoms with Gasteiger partial charge in [0.2, 0.25) is 0 Å². The molecule has 0 saturated carbocycles. The molecule has 0 unspecified atom stereocenters. The summed E-state index contributed by atoms with van der Waals surface area (Å²) in [5.41, 5.74) is 1.58. The Morgan fingerprint density at radius 3 is 2.83 bits per heavy atom. The first kappa shape index (κ1) is 20.7. The molecule has 1 amide bonds. The predicted octanol–water partition coefficient (Wildman–Crippen LogP) is 3.26. The van der Waals surface area contributed by atoms with E-state index in [0.29, 0.717) is 22.4 Å². The number of rotatable bonds is 6. The molecule has 1 aromatic carbocycles. The van der Waals surface area contributed by atoms with Crippen LogP contribution in [0.2, 0.25) is 0 Å². The first-order valence-corrected chi connectivity index (χ1v) is 10.7. The monoisotopic (exact) mass is 428 g/mol. The maximum atomic E-state index is 14.3. The summed E-state index contributed by atoms with van der Waals surface area (Å²) in [4.78, 5) is 22.4. The van der Waals surface area contributed by atoms with Crippen LogP contribution in [0.15, 0.2) is 36.5 Å². The van der Waals surface area contributed by atoms with Crippen molar-refractivity contribution in [2.75, 3.05) is 45.2 Å². The fourth-order valence-corrected chi connectivity index (χ4v) is 4.81. The molecule has 1 N–H and O–H groups in total. The van der Waals surface area contributed by atoms with E-state index in [-0.39, 0.29) is 18.3 Å². The Morgan fingerprint density at radius 1 is 1.27 bits per heavy atom. The SMILES string of the molecule is COCc1c(C(=O)NCc2ccnc(N3CCN(C)CC3)c2)sc2cccc(F)c12. The number of ether oxygens (including phenoxy) is 1. The topological polar surface area (TPSA) is 57.7 Å². The molecular formula is C22H25FN4O2S. The molecule has 0 atom stereocenters. The van der Waals surface area contributed by atoms with Crippen molar-refractivity contribution in [1.29, 1.82) is 0 Å². The maximum Gasteiger partial charge on any atom is 0.262 e. The summed E-state index contributed by atoms with van der Waals surface area (Å²) in [7, 11) is 3.66. The standard InChI is InChI=1S/C22H25FN4O2S/c1-26-8-10-27(11-9-26)19-12-15(6-7-24-19)13-25-22(28)21-16(14-29-2)20-17(23)4-3-5-18(20)30-21/h3-7,12H,8-11,13-14H2,1-2H3,(H,25,28). The number of amides is 1. The van der Waals surface area contributed by atoms with E-state index in [0.717, 1.165) is 42.3 Å². The average Bonchev–Trinajstić information content (AvgIpc) is 3.13. The van der Waals surface area contributed by atoms with E-state index >= 15 is 0 Å². The summed E-state index contributed by atoms with van der Waals surface area (Å²) in [6.07, 6.45) is 1.78. The third-order valence-corrected chi connectivity index (χ3v) is 6.54. The Balaban J connectivity index is 1.50. The van der Waals surface area contributed by atoms with Crippen molar-refractivity contribution in [3.63, 3.8) is 0 Å². The van der Waals surface area contributed by atoms with Crippen molar-refractivity contribution in [2.24, 2.45) is 0 Å². The molecule has 2 aromatic heterocycles. The second-order valence-electron chi connectivity index (χ2n) is 7.45. The number of hydrogen-bond donors (Lipinski definition) is 1. The number of aromatic nitrogens is 1. The number of carbonyl (C=O) groups excluding carboxylic acids is 1. The van der Waals surface area contributed by atoms with Crippen LogP contribution in [-0.4, -0.2) is 56.1 Å². The second kappa shape index (κ2) is 9.07. The van der Waals surface area contributed by atoms with Gasteiger partial charge >= 0.3 is 0 Å². The van der Waals surface area contributed by atoms with Crippen LogP contribution in [0.25, 0.3) is 10.1 Å². The fourth-order valence-electron chi connectivity index (χ4n) is 3.67. The number of likely N-dealkylation sites (N-methyl/N-ethyl adjacent to an activating group) is 1. The van der Waals surface area contributed by atoms with E-state index in [2.05, 4.69) is 27.1 Å². The van der Waals surface area contributed by atoms with Crippen molar-refractivity contribution in [3.05, 3.63) is 58.3 Å². The van der Waals surface area contributed by atoms with Gasteiger partial charge in [0.15, 0.2) is 0 Å². The van der Waals surface area contributed by atoms with Crippen LogP contribution in [0.1, 0.15) is 20.8 Å². The van der Waals surface area contributed by atoms with Crippen molar-refractivity contribution < 1.29 is 13.9 Å². The third-order valence-electron chi connectivity index (χ3n) is 5.35. The van der Waals surface area contributed by atoms with Gasteiger partial charge in [-0.3, -0.25) is 4.79 Å². The molecule has 8 heteroatoms. The number of pyridine rings is 1. The van der Waals surface area contributed by atoms with E-state index in [1.54, 1.807) is 19.4 Å². The molecule has 6 nitrogen and oxygen atoms in total. The van der Waals surface area contributed by atoms with Gasteiger partial charge in [0.25, 0.3) is 5.91 Å². The van der Waals surface area contributed by atoms with Crippen LogP contribution < -0.4 is 10.2 Å². The first-order chi connectivity index (χ1) is 14.6. The molecule has 1 aliphatic heterocycles. The smallest absolute Gasteiger partial charge is 0.262 e. The van der Waals surface area contributed by atoms with E-state index in [1.165, 1.54) is 17.4 Å². The van der Waals surface area contributed by atoms with E-state index in [9.17, 15) is 9.18 Å². The van der Waals surface area contributed by atoms with Gasteiger partial charge in [0, 0.05) is 61.7 Å². The largest absolute Gasteiger partial charge is 0.380 e.